The molecule has 11 heteroatoms. The zero-order valence-electron chi connectivity index (χ0n) is 23.0. The molecule has 210 valence electrons. The fraction of sp³-hybridized carbons (Fsp3) is 0.429. The van der Waals surface area contributed by atoms with Crippen LogP contribution in [0.1, 0.15) is 49.9 Å². The van der Waals surface area contributed by atoms with Crippen LogP contribution in [-0.2, 0) is 14.3 Å². The Balaban J connectivity index is 2.59. The molecule has 2 aromatic rings. The predicted molar refractivity (Wildman–Crippen MR) is 154 cm³/mol. The number of nitrogens with one attached hydrogen (secondary N) is 2. The molecule has 9 nitrogen and oxygen atoms in total. The first-order valence-electron chi connectivity index (χ1n) is 12.3. The van der Waals surface area contributed by atoms with Crippen molar-refractivity contribution in [3.05, 3.63) is 58.1 Å². The number of aryl methyl sites for hydroxylation is 2. The minimum absolute atomic E-state index is 0.127. The van der Waals surface area contributed by atoms with Crippen molar-refractivity contribution in [2.24, 2.45) is 0 Å². The molecule has 2 unspecified atom stereocenters. The van der Waals surface area contributed by atoms with E-state index in [9.17, 15) is 24.8 Å². The Bertz CT molecular complexity index is 1220. The molecule has 0 aliphatic rings. The zero-order valence-corrected chi connectivity index (χ0v) is 24.6. The standard InChI is InChI=1S/C28H35ClN4O5S/c1-17-9-8-12-20(29)22(17)32-25(35)23(19-11-7-10-18(2)24(19)34)33(15-14-30)26(36)21(13-16-39-6)31-27(37)38-28(3,4)5/h7-12,21,23,34H,13,15-16H2,1-6H3,(H,31,37)(H,32,35). The van der Waals surface area contributed by atoms with Crippen molar-refractivity contribution in [2.45, 2.75) is 58.7 Å². The molecule has 0 radical (unpaired) electrons. The first kappa shape index (κ1) is 31.8. The lowest BCUT2D eigenvalue weighted by Gasteiger charge is -2.33. The molecule has 0 aliphatic heterocycles. The Kier molecular flexibility index (Phi) is 11.5. The van der Waals surface area contributed by atoms with E-state index < -0.39 is 42.1 Å². The van der Waals surface area contributed by atoms with Gasteiger partial charge in [0, 0.05) is 5.56 Å². The second-order valence-electron chi connectivity index (χ2n) is 9.94. The number of carbonyl (C=O) groups is 3. The zero-order chi connectivity index (χ0) is 29.3. The molecule has 2 rings (SSSR count). The van der Waals surface area contributed by atoms with Gasteiger partial charge in [0.25, 0.3) is 5.91 Å². The molecule has 0 fully saturated rings. The monoisotopic (exact) mass is 574 g/mol. The largest absolute Gasteiger partial charge is 0.507 e. The molecular weight excluding hydrogens is 540 g/mol. The lowest BCUT2D eigenvalue weighted by molar-refractivity contribution is -0.140. The molecule has 0 aromatic heterocycles. The summed E-state index contributed by atoms with van der Waals surface area (Å²) in [6.07, 6.45) is 1.28. The smallest absolute Gasteiger partial charge is 0.408 e. The highest BCUT2D eigenvalue weighted by Crippen LogP contribution is 2.34. The number of benzene rings is 2. The molecule has 0 saturated carbocycles. The number of hydrogen-bond acceptors (Lipinski definition) is 7. The van der Waals surface area contributed by atoms with Crippen LogP contribution in [0.3, 0.4) is 0 Å². The van der Waals surface area contributed by atoms with Crippen LogP contribution < -0.4 is 10.6 Å². The Morgan fingerprint density at radius 3 is 2.38 bits per heavy atom. The van der Waals surface area contributed by atoms with Crippen LogP contribution in [-0.4, -0.2) is 58.1 Å². The van der Waals surface area contributed by atoms with Crippen molar-refractivity contribution in [1.82, 2.24) is 10.2 Å². The third-order valence-electron chi connectivity index (χ3n) is 5.72. The van der Waals surface area contributed by atoms with Gasteiger partial charge in [-0.25, -0.2) is 4.79 Å². The van der Waals surface area contributed by atoms with Gasteiger partial charge in [0.15, 0.2) is 0 Å². The van der Waals surface area contributed by atoms with E-state index in [2.05, 4.69) is 10.6 Å². The maximum Gasteiger partial charge on any atom is 0.408 e. The predicted octanol–water partition coefficient (Wildman–Crippen LogP) is 5.34. The van der Waals surface area contributed by atoms with Gasteiger partial charge in [-0.05, 0) is 70.2 Å². The highest BCUT2D eigenvalue weighted by molar-refractivity contribution is 7.98. The summed E-state index contributed by atoms with van der Waals surface area (Å²) in [5.41, 5.74) is 0.838. The lowest BCUT2D eigenvalue weighted by atomic mass is 9.98. The van der Waals surface area contributed by atoms with E-state index in [1.807, 2.05) is 12.3 Å². The topological polar surface area (TPSA) is 132 Å². The molecule has 3 N–H and O–H groups in total. The van der Waals surface area contributed by atoms with Crippen LogP contribution in [0.4, 0.5) is 10.5 Å². The maximum absolute atomic E-state index is 13.9. The van der Waals surface area contributed by atoms with Gasteiger partial charge in [-0.15, -0.1) is 0 Å². The van der Waals surface area contributed by atoms with Crippen molar-refractivity contribution in [3.63, 3.8) is 0 Å². The number of aromatic hydroxyl groups is 1. The van der Waals surface area contributed by atoms with Gasteiger partial charge < -0.3 is 25.4 Å². The number of ether oxygens (including phenoxy) is 1. The molecule has 0 saturated heterocycles. The number of thioether (sulfide) groups is 1. The number of rotatable bonds is 10. The summed E-state index contributed by atoms with van der Waals surface area (Å²) < 4.78 is 5.34. The van der Waals surface area contributed by atoms with Crippen molar-refractivity contribution in [3.8, 4) is 11.8 Å². The molecule has 2 aromatic carbocycles. The van der Waals surface area contributed by atoms with E-state index in [0.717, 1.165) is 4.90 Å². The van der Waals surface area contributed by atoms with E-state index in [0.29, 0.717) is 22.6 Å². The molecule has 0 heterocycles. The molecule has 0 aliphatic carbocycles. The lowest BCUT2D eigenvalue weighted by Crippen LogP contribution is -2.52. The molecule has 39 heavy (non-hydrogen) atoms. The Labute approximate surface area is 238 Å². The number of phenols is 1. The number of phenolic OH excluding ortho intramolecular Hbond substituents is 1. The number of halogens is 1. The number of nitrogens with zero attached hydrogens (tertiary/aromatic N) is 2. The second kappa shape index (κ2) is 14.1. The van der Waals surface area contributed by atoms with Gasteiger partial charge in [0.1, 0.15) is 30.0 Å². The van der Waals surface area contributed by atoms with E-state index in [4.69, 9.17) is 16.3 Å². The van der Waals surface area contributed by atoms with Gasteiger partial charge >= 0.3 is 6.09 Å². The summed E-state index contributed by atoms with van der Waals surface area (Å²) in [6, 6.07) is 9.38. The van der Waals surface area contributed by atoms with Crippen molar-refractivity contribution in [1.29, 1.82) is 5.26 Å². The van der Waals surface area contributed by atoms with Crippen molar-refractivity contribution in [2.75, 3.05) is 23.9 Å². The summed E-state index contributed by atoms with van der Waals surface area (Å²) >= 11 is 7.81. The fourth-order valence-corrected chi connectivity index (χ4v) is 4.59. The number of amides is 3. The van der Waals surface area contributed by atoms with Crippen LogP contribution in [0.2, 0.25) is 5.02 Å². The second-order valence-corrected chi connectivity index (χ2v) is 11.3. The molecule has 2 atom stereocenters. The fourth-order valence-electron chi connectivity index (χ4n) is 3.85. The number of carbonyl (C=O) groups excluding carboxylic acids is 3. The first-order valence-corrected chi connectivity index (χ1v) is 14.1. The Morgan fingerprint density at radius 2 is 1.79 bits per heavy atom. The highest BCUT2D eigenvalue weighted by Gasteiger charge is 2.38. The number of nitriles is 1. The summed E-state index contributed by atoms with van der Waals surface area (Å²) in [5, 5.41) is 26.3. The van der Waals surface area contributed by atoms with E-state index >= 15 is 0 Å². The Morgan fingerprint density at radius 1 is 1.15 bits per heavy atom. The van der Waals surface area contributed by atoms with Gasteiger partial charge in [0.2, 0.25) is 5.91 Å². The van der Waals surface area contributed by atoms with Crippen LogP contribution in [0, 0.1) is 25.2 Å². The van der Waals surface area contributed by atoms with E-state index in [1.165, 1.54) is 17.8 Å². The third kappa shape index (κ3) is 8.80. The first-order chi connectivity index (χ1) is 18.3. The summed E-state index contributed by atoms with van der Waals surface area (Å²) in [4.78, 5) is 41.4. The maximum atomic E-state index is 13.9. The van der Waals surface area contributed by atoms with Crippen molar-refractivity contribution < 1.29 is 24.2 Å². The summed E-state index contributed by atoms with van der Waals surface area (Å²) in [6.45, 7) is 8.04. The van der Waals surface area contributed by atoms with Crippen molar-refractivity contribution >= 4 is 47.0 Å². The third-order valence-corrected chi connectivity index (χ3v) is 6.68. The molecule has 3 amide bonds. The van der Waals surface area contributed by atoms with Gasteiger partial charge in [0.05, 0.1) is 16.8 Å². The molecule has 0 spiro atoms. The Hall–Kier alpha value is -3.42. The summed E-state index contributed by atoms with van der Waals surface area (Å²) in [5.74, 6) is -1.03. The molecular formula is C28H35ClN4O5S. The average molecular weight is 575 g/mol. The SMILES string of the molecule is CSCCC(NC(=O)OC(C)(C)C)C(=O)N(CC#N)C(C(=O)Nc1c(C)cccc1Cl)c1cccc(C)c1O. The van der Waals surface area contributed by atoms with Gasteiger partial charge in [-0.2, -0.15) is 17.0 Å². The number of anilines is 1. The van der Waals surface area contributed by atoms with Crippen LogP contribution in [0.25, 0.3) is 0 Å². The quantitative estimate of drug-likeness (QED) is 0.326. The number of hydrogen-bond donors (Lipinski definition) is 3. The van der Waals surface area contributed by atoms with E-state index in [1.54, 1.807) is 65.0 Å². The van der Waals surface area contributed by atoms with Gasteiger partial charge in [-0.3, -0.25) is 9.59 Å². The molecule has 0 bridgehead atoms. The van der Waals surface area contributed by atoms with Crippen LogP contribution in [0.15, 0.2) is 36.4 Å². The minimum Gasteiger partial charge on any atom is -0.507 e. The normalized spacial score (nSPS) is 12.6. The minimum atomic E-state index is -1.41. The average Bonchev–Trinajstić information content (AvgIpc) is 2.84. The number of para-hydroxylation sites is 2. The summed E-state index contributed by atoms with van der Waals surface area (Å²) in [7, 11) is 0. The van der Waals surface area contributed by atoms with Crippen LogP contribution >= 0.6 is 23.4 Å². The number of alkyl carbamates (subject to hydrolysis) is 1. The highest BCUT2D eigenvalue weighted by atomic mass is 35.5. The van der Waals surface area contributed by atoms with E-state index in [-0.39, 0.29) is 22.8 Å². The van der Waals surface area contributed by atoms with Gasteiger partial charge in [-0.1, -0.05) is 41.9 Å². The van der Waals surface area contributed by atoms with Crippen LogP contribution in [0.5, 0.6) is 5.75 Å².